The molecule has 0 aromatic rings. The van der Waals surface area contributed by atoms with Gasteiger partial charge in [-0.25, -0.2) is 0 Å². The van der Waals surface area contributed by atoms with Gasteiger partial charge in [-0.05, 0) is 0 Å². The summed E-state index contributed by atoms with van der Waals surface area (Å²) in [6.07, 6.45) is 0. The Hall–Kier alpha value is 4.06. The molecule has 17 radical (unpaired) electrons. The Labute approximate surface area is 119 Å². The minimum atomic E-state index is 0. The molecule has 5 heteroatoms. The van der Waals surface area contributed by atoms with E-state index in [1.54, 1.807) is 0 Å². The molecular formula is NbPbSn3. The first-order valence-corrected chi connectivity index (χ1v) is 0. The number of hydrogen-bond acceptors (Lipinski definition) is 0. The van der Waals surface area contributed by atoms with Crippen molar-refractivity contribution in [2.75, 3.05) is 0 Å². The average Bonchev–Trinajstić information content (AvgIpc) is 0. The molecule has 0 unspecified atom stereocenters. The van der Waals surface area contributed by atoms with Crippen LogP contribution in [0.5, 0.6) is 0 Å². The van der Waals surface area contributed by atoms with E-state index in [0.29, 0.717) is 0 Å². The fourth-order valence-corrected chi connectivity index (χ4v) is 0. The molecule has 0 amide bonds. The van der Waals surface area contributed by atoms with Gasteiger partial charge in [-0.3, -0.25) is 0 Å². The first-order chi connectivity index (χ1) is 0. The van der Waals surface area contributed by atoms with E-state index in [-0.39, 0.29) is 121 Å². The van der Waals surface area contributed by atoms with Crippen molar-refractivity contribution in [3.63, 3.8) is 0 Å². The van der Waals surface area contributed by atoms with Gasteiger partial charge >= 0.3 is 0 Å². The monoisotopic (exact) mass is 661 g/mol. The van der Waals surface area contributed by atoms with Crippen molar-refractivity contribution in [2.45, 2.75) is 0 Å². The molecule has 0 heterocycles. The van der Waals surface area contributed by atoms with Gasteiger partial charge in [0.25, 0.3) is 0 Å². The minimum Gasteiger partial charge on any atom is 0 e. The summed E-state index contributed by atoms with van der Waals surface area (Å²) in [5.74, 6) is 0. The second-order valence-electron chi connectivity index (χ2n) is 0. The summed E-state index contributed by atoms with van der Waals surface area (Å²) in [5.41, 5.74) is 0. The zero-order valence-corrected chi connectivity index (χ0v) is 17.1. The van der Waals surface area contributed by atoms with Crippen molar-refractivity contribution in [1.29, 1.82) is 0 Å². The van der Waals surface area contributed by atoms with E-state index < -0.39 is 0 Å². The molecule has 0 aromatic carbocycles. The minimum absolute atomic E-state index is 0. The first kappa shape index (κ1) is 35.7. The van der Waals surface area contributed by atoms with Crippen LogP contribution in [0.2, 0.25) is 0 Å². The van der Waals surface area contributed by atoms with Gasteiger partial charge in [0.15, 0.2) is 0 Å². The predicted molar refractivity (Wildman–Crippen MR) is 23.0 cm³/mol. The maximum Gasteiger partial charge on any atom is 0 e. The molecule has 21 valence electrons. The Balaban J connectivity index is 0. The summed E-state index contributed by atoms with van der Waals surface area (Å²) < 4.78 is 0. The van der Waals surface area contributed by atoms with Crippen LogP contribution in [0.25, 0.3) is 0 Å². The Morgan fingerprint density at radius 1 is 0.600 bits per heavy atom. The molecule has 0 aliphatic carbocycles. The van der Waals surface area contributed by atoms with Crippen LogP contribution in [0.4, 0.5) is 0 Å². The maximum atomic E-state index is 0. The van der Waals surface area contributed by atoms with E-state index in [9.17, 15) is 0 Å². The summed E-state index contributed by atoms with van der Waals surface area (Å²) in [7, 11) is 0. The Kier molecular flexibility index (Phi) is 174. The van der Waals surface area contributed by atoms with E-state index in [1.165, 1.54) is 0 Å². The molecule has 0 saturated carbocycles. The zero-order chi connectivity index (χ0) is 0. The Morgan fingerprint density at radius 2 is 0.600 bits per heavy atom. The van der Waals surface area contributed by atoms with Crippen molar-refractivity contribution < 1.29 is 22.4 Å². The Morgan fingerprint density at radius 3 is 0.600 bits per heavy atom. The molecule has 0 fully saturated rings. The summed E-state index contributed by atoms with van der Waals surface area (Å²) in [6.45, 7) is 0. The zero-order valence-electron chi connectivity index (χ0n) is 2.45. The molecule has 0 nitrogen and oxygen atoms in total. The quantitative estimate of drug-likeness (QED) is 0.278. The van der Waals surface area contributed by atoms with Gasteiger partial charge < -0.3 is 0 Å². The largest absolute Gasteiger partial charge is 0 e. The summed E-state index contributed by atoms with van der Waals surface area (Å²) >= 11 is 0. The molecule has 0 aliphatic rings. The third kappa shape index (κ3) is 18.0. The van der Waals surface area contributed by atoms with Crippen LogP contribution >= 0.6 is 0 Å². The van der Waals surface area contributed by atoms with E-state index in [2.05, 4.69) is 0 Å². The van der Waals surface area contributed by atoms with Crippen LogP contribution in [0.3, 0.4) is 0 Å². The Bertz CT molecular complexity index is 6.85. The molecule has 5 heavy (non-hydrogen) atoms. The van der Waals surface area contributed by atoms with Gasteiger partial charge in [0.05, 0.1) is 0 Å². The standard InChI is InChI=1S/Nb.Pb.3Sn. The number of rotatable bonds is 0. The molecule has 0 atom stereocenters. The SMILES string of the molecule is [Nb].[Pb].[Sn].[Sn].[Sn]. The molecule has 0 bridgehead atoms. The van der Waals surface area contributed by atoms with Gasteiger partial charge in [-0.2, -0.15) is 0 Å². The van der Waals surface area contributed by atoms with Crippen LogP contribution in [-0.4, -0.2) is 99.0 Å². The van der Waals surface area contributed by atoms with Gasteiger partial charge in [0.2, 0.25) is 0 Å². The van der Waals surface area contributed by atoms with Crippen LogP contribution in [0.15, 0.2) is 0 Å². The molecule has 0 aromatic heterocycles. The molecule has 0 rings (SSSR count). The van der Waals surface area contributed by atoms with Crippen molar-refractivity contribution >= 4 is 99.0 Å². The molecule has 0 saturated heterocycles. The van der Waals surface area contributed by atoms with Crippen LogP contribution in [-0.2, 0) is 22.4 Å². The summed E-state index contributed by atoms with van der Waals surface area (Å²) in [4.78, 5) is 0. The van der Waals surface area contributed by atoms with E-state index in [0.717, 1.165) is 0 Å². The fraction of sp³-hybridized carbons (Fsp3) is 0. The molecule has 0 N–H and O–H groups in total. The van der Waals surface area contributed by atoms with Crippen molar-refractivity contribution in [1.82, 2.24) is 0 Å². The smallest absolute Gasteiger partial charge is 0 e. The van der Waals surface area contributed by atoms with Crippen molar-refractivity contribution in [3.8, 4) is 0 Å². The van der Waals surface area contributed by atoms with E-state index >= 15 is 0 Å². The van der Waals surface area contributed by atoms with Crippen LogP contribution < -0.4 is 0 Å². The number of hydrogen-bond donors (Lipinski definition) is 0. The van der Waals surface area contributed by atoms with Gasteiger partial charge in [-0.1, -0.05) is 0 Å². The molecule has 0 spiro atoms. The summed E-state index contributed by atoms with van der Waals surface area (Å²) in [5, 5.41) is 0. The predicted octanol–water partition coefficient (Wildman–Crippen LogP) is -1.53. The second kappa shape index (κ2) is 24.4. The molecular weight excluding hydrogens is 656 g/mol. The normalized spacial score (nSPS) is 0. The van der Waals surface area contributed by atoms with Crippen LogP contribution in [0, 0.1) is 0 Å². The topological polar surface area (TPSA) is 0 Å². The van der Waals surface area contributed by atoms with Crippen LogP contribution in [0.1, 0.15) is 0 Å². The van der Waals surface area contributed by atoms with E-state index in [4.69, 9.17) is 0 Å². The van der Waals surface area contributed by atoms with Crippen molar-refractivity contribution in [3.05, 3.63) is 0 Å². The third-order valence-corrected chi connectivity index (χ3v) is 0. The first-order valence-electron chi connectivity index (χ1n) is 0. The van der Waals surface area contributed by atoms with Crippen molar-refractivity contribution in [2.24, 2.45) is 0 Å². The van der Waals surface area contributed by atoms with Gasteiger partial charge in [-0.15, -0.1) is 0 Å². The fourth-order valence-electron chi connectivity index (χ4n) is 0. The second-order valence-corrected chi connectivity index (χ2v) is 0. The maximum absolute atomic E-state index is 0. The molecule has 0 aliphatic heterocycles. The van der Waals surface area contributed by atoms with Gasteiger partial charge in [0, 0.05) is 121 Å². The summed E-state index contributed by atoms with van der Waals surface area (Å²) in [6, 6.07) is 0. The van der Waals surface area contributed by atoms with E-state index in [1.807, 2.05) is 0 Å². The third-order valence-electron chi connectivity index (χ3n) is 0. The average molecular weight is 656 g/mol. The van der Waals surface area contributed by atoms with Gasteiger partial charge in [0.1, 0.15) is 0 Å².